The molecule has 1 rings (SSSR count). The maximum absolute atomic E-state index is 10.1. The highest BCUT2D eigenvalue weighted by Crippen LogP contribution is 2.11. The number of carbonyl (C=O) groups is 1. The van der Waals surface area contributed by atoms with Gasteiger partial charge in [-0.1, -0.05) is 17.7 Å². The van der Waals surface area contributed by atoms with Crippen LogP contribution in [-0.4, -0.2) is 20.9 Å². The minimum Gasteiger partial charge on any atom is -0.478 e. The van der Waals surface area contributed by atoms with Crippen molar-refractivity contribution >= 4 is 17.6 Å². The number of hydrogen-bond donors (Lipinski definition) is 1. The number of rotatable bonds is 3. The molecule has 1 heterocycles. The van der Waals surface area contributed by atoms with Crippen LogP contribution in [0, 0.1) is 6.92 Å². The lowest BCUT2D eigenvalue weighted by Gasteiger charge is -1.92. The smallest absolute Gasteiger partial charge is 0.328 e. The molecule has 5 heteroatoms. The third-order valence-corrected chi connectivity index (χ3v) is 1.81. The highest BCUT2D eigenvalue weighted by molar-refractivity contribution is 6.31. The van der Waals surface area contributed by atoms with Crippen LogP contribution in [-0.2, 0) is 11.3 Å². The normalized spacial score (nSPS) is 10.9. The first kappa shape index (κ1) is 9.80. The summed E-state index contributed by atoms with van der Waals surface area (Å²) in [6.07, 6.45) is 4.24. The van der Waals surface area contributed by atoms with Crippen LogP contribution >= 0.6 is 11.6 Å². The average Bonchev–Trinajstić information content (AvgIpc) is 2.30. The summed E-state index contributed by atoms with van der Waals surface area (Å²) in [5.74, 6) is -0.963. The Balaban J connectivity index is 2.60. The molecule has 0 aliphatic heterocycles. The van der Waals surface area contributed by atoms with Crippen LogP contribution in [0.2, 0.25) is 5.02 Å². The Bertz CT molecular complexity index is 324. The van der Waals surface area contributed by atoms with Crippen molar-refractivity contribution in [3.63, 3.8) is 0 Å². The summed E-state index contributed by atoms with van der Waals surface area (Å²) in [5, 5.41) is 12.9. The van der Waals surface area contributed by atoms with Gasteiger partial charge in [-0.15, -0.1) is 0 Å². The summed E-state index contributed by atoms with van der Waals surface area (Å²) < 4.78 is 1.58. The van der Waals surface area contributed by atoms with E-state index in [1.165, 1.54) is 6.08 Å². The molecule has 13 heavy (non-hydrogen) atoms. The number of carboxylic acid groups (broad SMARTS) is 1. The summed E-state index contributed by atoms with van der Waals surface area (Å²) in [6, 6.07) is 0. The summed E-state index contributed by atoms with van der Waals surface area (Å²) in [7, 11) is 0. The van der Waals surface area contributed by atoms with Gasteiger partial charge in [0, 0.05) is 12.3 Å². The molecule has 0 radical (unpaired) electrons. The number of aryl methyl sites for hydroxylation is 1. The third kappa shape index (κ3) is 2.91. The van der Waals surface area contributed by atoms with Crippen molar-refractivity contribution in [2.75, 3.05) is 0 Å². The zero-order valence-electron chi connectivity index (χ0n) is 7.07. The molecule has 0 aromatic carbocycles. The number of nitrogens with zero attached hydrogens (tertiary/aromatic N) is 2. The number of allylic oxidation sites excluding steroid dienone is 1. The summed E-state index contributed by atoms with van der Waals surface area (Å²) in [6.45, 7) is 2.21. The first-order valence-electron chi connectivity index (χ1n) is 3.68. The first-order valence-corrected chi connectivity index (χ1v) is 4.06. The van der Waals surface area contributed by atoms with Crippen LogP contribution in [0.3, 0.4) is 0 Å². The van der Waals surface area contributed by atoms with Crippen LogP contribution in [0.5, 0.6) is 0 Å². The van der Waals surface area contributed by atoms with Gasteiger partial charge in [0.05, 0.1) is 17.3 Å². The Labute approximate surface area is 80.4 Å². The van der Waals surface area contributed by atoms with E-state index in [2.05, 4.69) is 5.10 Å². The van der Waals surface area contributed by atoms with Gasteiger partial charge in [-0.05, 0) is 6.92 Å². The van der Waals surface area contributed by atoms with E-state index >= 15 is 0 Å². The number of hydrogen-bond acceptors (Lipinski definition) is 2. The van der Waals surface area contributed by atoms with Crippen LogP contribution in [0.25, 0.3) is 0 Å². The van der Waals surface area contributed by atoms with Crippen molar-refractivity contribution in [1.82, 2.24) is 9.78 Å². The van der Waals surface area contributed by atoms with Gasteiger partial charge in [0.15, 0.2) is 0 Å². The average molecular weight is 201 g/mol. The Morgan fingerprint density at radius 1 is 1.85 bits per heavy atom. The fourth-order valence-electron chi connectivity index (χ4n) is 0.849. The summed E-state index contributed by atoms with van der Waals surface area (Å²) in [5.41, 5.74) is 0.741. The molecule has 70 valence electrons. The molecule has 1 aromatic rings. The maximum Gasteiger partial charge on any atom is 0.328 e. The third-order valence-electron chi connectivity index (χ3n) is 1.44. The van der Waals surface area contributed by atoms with Gasteiger partial charge in [0.1, 0.15) is 0 Å². The molecule has 0 saturated heterocycles. The van der Waals surface area contributed by atoms with Gasteiger partial charge in [-0.2, -0.15) is 5.10 Å². The van der Waals surface area contributed by atoms with Crippen molar-refractivity contribution < 1.29 is 9.90 Å². The SMILES string of the molecule is Cc1nn(C/C=C/C(=O)O)cc1Cl. The fourth-order valence-corrected chi connectivity index (χ4v) is 0.999. The molecule has 0 aliphatic rings. The lowest BCUT2D eigenvalue weighted by atomic mass is 10.5. The second-order valence-electron chi connectivity index (χ2n) is 2.53. The molecule has 1 aromatic heterocycles. The second kappa shape index (κ2) is 4.09. The predicted octanol–water partition coefficient (Wildman–Crippen LogP) is 1.49. The maximum atomic E-state index is 10.1. The van der Waals surface area contributed by atoms with Gasteiger partial charge < -0.3 is 5.11 Å². The molecule has 0 spiro atoms. The molecule has 0 atom stereocenters. The lowest BCUT2D eigenvalue weighted by Crippen LogP contribution is -1.97. The molecule has 0 bridgehead atoms. The monoisotopic (exact) mass is 200 g/mol. The van der Waals surface area contributed by atoms with E-state index in [9.17, 15) is 4.79 Å². The Morgan fingerprint density at radius 2 is 2.54 bits per heavy atom. The molecule has 0 saturated carbocycles. The molecular weight excluding hydrogens is 192 g/mol. The molecule has 0 unspecified atom stereocenters. The highest BCUT2D eigenvalue weighted by Gasteiger charge is 1.99. The molecule has 0 aliphatic carbocycles. The summed E-state index contributed by atoms with van der Waals surface area (Å²) in [4.78, 5) is 10.1. The Morgan fingerprint density at radius 3 is 3.00 bits per heavy atom. The van der Waals surface area contributed by atoms with Gasteiger partial charge >= 0.3 is 5.97 Å². The standard InChI is InChI=1S/C8H9ClN2O2/c1-6-7(9)5-11(10-6)4-2-3-8(12)13/h2-3,5H,4H2,1H3,(H,12,13)/b3-2+. The van der Waals surface area contributed by atoms with Crippen molar-refractivity contribution in [3.8, 4) is 0 Å². The van der Waals surface area contributed by atoms with E-state index in [1.807, 2.05) is 0 Å². The number of aliphatic carboxylic acids is 1. The van der Waals surface area contributed by atoms with Crippen molar-refractivity contribution in [2.24, 2.45) is 0 Å². The van der Waals surface area contributed by atoms with E-state index in [4.69, 9.17) is 16.7 Å². The topological polar surface area (TPSA) is 55.1 Å². The second-order valence-corrected chi connectivity index (χ2v) is 2.93. The lowest BCUT2D eigenvalue weighted by molar-refractivity contribution is -0.131. The van der Waals surface area contributed by atoms with Gasteiger partial charge in [0.25, 0.3) is 0 Å². The van der Waals surface area contributed by atoms with E-state index in [0.29, 0.717) is 11.6 Å². The number of carboxylic acids is 1. The Kier molecular flexibility index (Phi) is 3.08. The Hall–Kier alpha value is -1.29. The van der Waals surface area contributed by atoms with E-state index in [0.717, 1.165) is 11.8 Å². The predicted molar refractivity (Wildman–Crippen MR) is 48.7 cm³/mol. The van der Waals surface area contributed by atoms with Crippen molar-refractivity contribution in [3.05, 3.63) is 29.1 Å². The van der Waals surface area contributed by atoms with Crippen LogP contribution < -0.4 is 0 Å². The molecule has 1 N–H and O–H groups in total. The zero-order valence-corrected chi connectivity index (χ0v) is 7.82. The van der Waals surface area contributed by atoms with E-state index in [-0.39, 0.29) is 0 Å². The van der Waals surface area contributed by atoms with Gasteiger partial charge in [-0.3, -0.25) is 4.68 Å². The first-order chi connectivity index (χ1) is 6.09. The van der Waals surface area contributed by atoms with Crippen molar-refractivity contribution in [2.45, 2.75) is 13.5 Å². The number of halogens is 1. The largest absolute Gasteiger partial charge is 0.478 e. The quantitative estimate of drug-likeness (QED) is 0.753. The zero-order chi connectivity index (χ0) is 9.84. The van der Waals surface area contributed by atoms with Gasteiger partial charge in [-0.25, -0.2) is 4.79 Å². The minimum atomic E-state index is -0.963. The van der Waals surface area contributed by atoms with Crippen molar-refractivity contribution in [1.29, 1.82) is 0 Å². The van der Waals surface area contributed by atoms with E-state index < -0.39 is 5.97 Å². The fraction of sp³-hybridized carbons (Fsp3) is 0.250. The minimum absolute atomic E-state index is 0.417. The molecular formula is C8H9ClN2O2. The summed E-state index contributed by atoms with van der Waals surface area (Å²) >= 11 is 5.75. The molecule has 0 fully saturated rings. The van der Waals surface area contributed by atoms with Crippen LogP contribution in [0.15, 0.2) is 18.3 Å². The van der Waals surface area contributed by atoms with E-state index in [1.54, 1.807) is 17.8 Å². The molecule has 4 nitrogen and oxygen atoms in total. The van der Waals surface area contributed by atoms with Crippen LogP contribution in [0.1, 0.15) is 5.69 Å². The number of aromatic nitrogens is 2. The molecule has 0 amide bonds. The van der Waals surface area contributed by atoms with Gasteiger partial charge in [0.2, 0.25) is 0 Å². The van der Waals surface area contributed by atoms with Crippen LogP contribution in [0.4, 0.5) is 0 Å². The highest BCUT2D eigenvalue weighted by atomic mass is 35.5.